The van der Waals surface area contributed by atoms with Gasteiger partial charge in [-0.2, -0.15) is 0 Å². The Morgan fingerprint density at radius 1 is 1.12 bits per heavy atom. The molecule has 0 radical (unpaired) electrons. The van der Waals surface area contributed by atoms with Crippen LogP contribution < -0.4 is 5.32 Å². The lowest BCUT2D eigenvalue weighted by molar-refractivity contribution is -0.149. The minimum atomic E-state index is -1.20. The molecular weight excluding hydrogens is 318 g/mol. The molecule has 25 heavy (non-hydrogen) atoms. The molecule has 1 aliphatic carbocycles. The van der Waals surface area contributed by atoms with Crippen LogP contribution in [0.1, 0.15) is 18.4 Å². The highest BCUT2D eigenvalue weighted by Crippen LogP contribution is 2.46. The third-order valence-corrected chi connectivity index (χ3v) is 4.66. The van der Waals surface area contributed by atoms with Gasteiger partial charge in [0, 0.05) is 12.1 Å². The average molecular weight is 335 g/mol. The van der Waals surface area contributed by atoms with Crippen molar-refractivity contribution < 1.29 is 14.7 Å². The minimum Gasteiger partial charge on any atom is -0.480 e. The summed E-state index contributed by atoms with van der Waals surface area (Å²) in [6, 6.07) is 15.5. The van der Waals surface area contributed by atoms with E-state index < -0.39 is 17.3 Å². The fraction of sp³-hybridized carbons (Fsp3) is 0.211. The number of H-pyrrole nitrogens is 1. The van der Waals surface area contributed by atoms with Crippen LogP contribution in [0, 0.1) is 5.41 Å². The number of aromatic nitrogens is 2. The first-order chi connectivity index (χ1) is 12.1. The van der Waals surface area contributed by atoms with E-state index in [0.29, 0.717) is 19.4 Å². The number of benzene rings is 2. The number of carboxylic acid groups (broad SMARTS) is 1. The first kappa shape index (κ1) is 15.4. The summed E-state index contributed by atoms with van der Waals surface area (Å²) in [6.45, 7) is 0.314. The number of carbonyl (C=O) groups is 2. The van der Waals surface area contributed by atoms with Crippen LogP contribution in [-0.2, 0) is 16.1 Å². The Kier molecular flexibility index (Phi) is 3.53. The molecule has 1 amide bonds. The summed E-state index contributed by atoms with van der Waals surface area (Å²) in [5, 5.41) is 11.8. The highest BCUT2D eigenvalue weighted by Gasteiger charge is 2.56. The Bertz CT molecular complexity index is 922. The number of carbonyl (C=O) groups excluding carboxylic acids is 1. The van der Waals surface area contributed by atoms with Crippen LogP contribution in [0.3, 0.4) is 0 Å². The van der Waals surface area contributed by atoms with E-state index in [1.165, 1.54) is 0 Å². The maximum absolute atomic E-state index is 12.0. The van der Waals surface area contributed by atoms with E-state index in [0.717, 1.165) is 28.0 Å². The predicted octanol–water partition coefficient (Wildman–Crippen LogP) is 2.71. The summed E-state index contributed by atoms with van der Waals surface area (Å²) in [7, 11) is 0. The molecule has 0 saturated heterocycles. The zero-order chi connectivity index (χ0) is 17.4. The summed E-state index contributed by atoms with van der Waals surface area (Å²) in [5.74, 6) is -0.647. The van der Waals surface area contributed by atoms with Gasteiger partial charge in [-0.05, 0) is 30.5 Å². The van der Waals surface area contributed by atoms with Crippen molar-refractivity contribution in [1.82, 2.24) is 15.3 Å². The number of para-hydroxylation sites is 2. The maximum atomic E-state index is 12.0. The Hall–Kier alpha value is -3.15. The van der Waals surface area contributed by atoms with E-state index >= 15 is 0 Å². The van der Waals surface area contributed by atoms with E-state index in [1.54, 1.807) is 0 Å². The molecule has 1 saturated carbocycles. The maximum Gasteiger partial charge on any atom is 0.319 e. The number of nitrogens with zero attached hydrogens (tertiary/aromatic N) is 1. The molecule has 3 N–H and O–H groups in total. The zero-order valence-corrected chi connectivity index (χ0v) is 13.5. The summed E-state index contributed by atoms with van der Waals surface area (Å²) < 4.78 is 0. The second kappa shape index (κ2) is 5.73. The second-order valence-electron chi connectivity index (χ2n) is 6.37. The topological polar surface area (TPSA) is 95.1 Å². The third kappa shape index (κ3) is 2.76. The molecule has 1 aliphatic rings. The Balaban J connectivity index is 1.45. The lowest BCUT2D eigenvalue weighted by atomic mass is 10.1. The highest BCUT2D eigenvalue weighted by molar-refractivity contribution is 6.04. The molecular formula is C19H17N3O3. The lowest BCUT2D eigenvalue weighted by Crippen LogP contribution is -2.36. The number of aromatic amines is 1. The van der Waals surface area contributed by atoms with Crippen molar-refractivity contribution in [2.45, 2.75) is 19.4 Å². The van der Waals surface area contributed by atoms with Crippen molar-refractivity contribution in [3.8, 4) is 11.4 Å². The van der Waals surface area contributed by atoms with Gasteiger partial charge in [-0.3, -0.25) is 9.59 Å². The summed E-state index contributed by atoms with van der Waals surface area (Å²) in [5.41, 5.74) is 2.56. The number of hydrogen-bond acceptors (Lipinski definition) is 3. The number of aliphatic carboxylic acids is 1. The fourth-order valence-electron chi connectivity index (χ4n) is 2.88. The number of amides is 1. The smallest absolute Gasteiger partial charge is 0.319 e. The van der Waals surface area contributed by atoms with Crippen molar-refractivity contribution >= 4 is 22.9 Å². The minimum absolute atomic E-state index is 0.314. The first-order valence-electron chi connectivity index (χ1n) is 8.14. The molecule has 1 aromatic heterocycles. The van der Waals surface area contributed by atoms with Crippen molar-refractivity contribution in [1.29, 1.82) is 0 Å². The molecule has 1 fully saturated rings. The van der Waals surface area contributed by atoms with Gasteiger partial charge in [-0.25, -0.2) is 4.98 Å². The molecule has 0 unspecified atom stereocenters. The Morgan fingerprint density at radius 2 is 1.84 bits per heavy atom. The largest absolute Gasteiger partial charge is 0.480 e. The van der Waals surface area contributed by atoms with Crippen LogP contribution in [0.5, 0.6) is 0 Å². The van der Waals surface area contributed by atoms with E-state index in [1.807, 2.05) is 48.5 Å². The van der Waals surface area contributed by atoms with Crippen LogP contribution in [0.15, 0.2) is 48.5 Å². The number of imidazole rings is 1. The van der Waals surface area contributed by atoms with Crippen LogP contribution in [-0.4, -0.2) is 27.0 Å². The van der Waals surface area contributed by atoms with Crippen molar-refractivity contribution in [2.24, 2.45) is 5.41 Å². The van der Waals surface area contributed by atoms with Gasteiger partial charge in [-0.1, -0.05) is 36.4 Å². The van der Waals surface area contributed by atoms with E-state index in [-0.39, 0.29) is 0 Å². The number of rotatable bonds is 5. The second-order valence-corrected chi connectivity index (χ2v) is 6.37. The predicted molar refractivity (Wildman–Crippen MR) is 92.7 cm³/mol. The van der Waals surface area contributed by atoms with Gasteiger partial charge in [0.25, 0.3) is 0 Å². The highest BCUT2D eigenvalue weighted by atomic mass is 16.4. The van der Waals surface area contributed by atoms with E-state index in [9.17, 15) is 9.59 Å². The standard InChI is InChI=1S/C19H17N3O3/c23-17(19(9-10-19)18(24)25)20-11-12-5-7-13(8-6-12)16-21-14-3-1-2-4-15(14)22-16/h1-8H,9-11H2,(H,20,23)(H,21,22)(H,24,25). The molecule has 4 rings (SSSR count). The Morgan fingerprint density at radius 3 is 2.48 bits per heavy atom. The Labute approximate surface area is 143 Å². The summed E-state index contributed by atoms with van der Waals surface area (Å²) >= 11 is 0. The summed E-state index contributed by atoms with van der Waals surface area (Å²) in [4.78, 5) is 31.0. The molecule has 6 heteroatoms. The SMILES string of the molecule is O=C(O)C1(C(=O)NCc2ccc(-c3nc4ccccc4[nH]3)cc2)CC1. The summed E-state index contributed by atoms with van der Waals surface area (Å²) in [6.07, 6.45) is 0.832. The van der Waals surface area contributed by atoms with Crippen molar-refractivity contribution in [2.75, 3.05) is 0 Å². The van der Waals surface area contributed by atoms with Crippen LogP contribution in [0.2, 0.25) is 0 Å². The number of fused-ring (bicyclic) bond motifs is 1. The van der Waals surface area contributed by atoms with Gasteiger partial charge in [0.05, 0.1) is 11.0 Å². The van der Waals surface area contributed by atoms with Gasteiger partial charge in [-0.15, -0.1) is 0 Å². The van der Waals surface area contributed by atoms with Gasteiger partial charge >= 0.3 is 5.97 Å². The zero-order valence-electron chi connectivity index (χ0n) is 13.5. The molecule has 126 valence electrons. The lowest BCUT2D eigenvalue weighted by Gasteiger charge is -2.11. The van der Waals surface area contributed by atoms with Crippen LogP contribution >= 0.6 is 0 Å². The molecule has 6 nitrogen and oxygen atoms in total. The van der Waals surface area contributed by atoms with Gasteiger partial charge in [0.2, 0.25) is 5.91 Å². The molecule has 0 bridgehead atoms. The van der Waals surface area contributed by atoms with E-state index in [4.69, 9.17) is 5.11 Å². The molecule has 2 aromatic carbocycles. The van der Waals surface area contributed by atoms with Crippen molar-refractivity contribution in [3.63, 3.8) is 0 Å². The number of carboxylic acids is 1. The molecule has 0 atom stereocenters. The van der Waals surface area contributed by atoms with Gasteiger partial charge < -0.3 is 15.4 Å². The third-order valence-electron chi connectivity index (χ3n) is 4.66. The van der Waals surface area contributed by atoms with E-state index in [2.05, 4.69) is 15.3 Å². The monoisotopic (exact) mass is 335 g/mol. The van der Waals surface area contributed by atoms with Gasteiger partial charge in [0.15, 0.2) is 0 Å². The first-order valence-corrected chi connectivity index (χ1v) is 8.14. The molecule has 1 heterocycles. The fourth-order valence-corrected chi connectivity index (χ4v) is 2.88. The molecule has 0 spiro atoms. The molecule has 3 aromatic rings. The normalized spacial score (nSPS) is 15.0. The van der Waals surface area contributed by atoms with Crippen molar-refractivity contribution in [3.05, 3.63) is 54.1 Å². The molecule has 0 aliphatic heterocycles. The van der Waals surface area contributed by atoms with Crippen LogP contribution in [0.4, 0.5) is 0 Å². The number of nitrogens with one attached hydrogen (secondary N) is 2. The number of hydrogen-bond donors (Lipinski definition) is 3. The van der Waals surface area contributed by atoms with Crippen LogP contribution in [0.25, 0.3) is 22.4 Å². The van der Waals surface area contributed by atoms with Gasteiger partial charge in [0.1, 0.15) is 11.2 Å². The quantitative estimate of drug-likeness (QED) is 0.625. The average Bonchev–Trinajstić information content (AvgIpc) is 3.33.